The number of likely N-dealkylation sites (tertiary alicyclic amines) is 1. The largest absolute Gasteiger partial charge is 0.371 e. The Morgan fingerprint density at radius 2 is 2.03 bits per heavy atom. The second-order valence-electron chi connectivity index (χ2n) is 9.48. The Hall–Kier alpha value is -3.80. The number of carbonyl (C=O) groups excluding carboxylic acids is 3. The molecule has 0 bridgehead atoms. The molecule has 2 fully saturated rings. The van der Waals surface area contributed by atoms with Crippen LogP contribution in [0.25, 0.3) is 0 Å². The molecule has 8 nitrogen and oxygen atoms in total. The molecule has 2 aliphatic rings. The molecular weight excluding hydrogens is 506 g/mol. The second-order valence-corrected chi connectivity index (χ2v) is 9.48. The van der Waals surface area contributed by atoms with Gasteiger partial charge in [-0.05, 0) is 51.3 Å². The molecule has 2 saturated heterocycles. The summed E-state index contributed by atoms with van der Waals surface area (Å²) in [5, 5.41) is 17.2. The highest BCUT2D eigenvalue weighted by molar-refractivity contribution is 5.92. The van der Waals surface area contributed by atoms with Crippen LogP contribution in [0.5, 0.6) is 0 Å². The standard InChI is InChI=1S/C26H29F4N5O3/c1-3-5-19-12-26(29,30)13-22(24(37)34-18(14-31)10-16-6-4-9-32-23(16)36)35(19)25(38)15(2)33-21-11-17(27)7-8-20(21)28/h7-8,11,15-16,18-19,22,33H,4,6,9-10,12-13H2,1-2H3,(H,32,36)(H,34,37)/t15-,16+,18+,19?,22+/m1/s1. The fourth-order valence-electron chi connectivity index (χ4n) is 4.76. The van der Waals surface area contributed by atoms with Crippen LogP contribution in [0.15, 0.2) is 18.2 Å². The number of rotatable bonds is 7. The molecule has 1 aromatic carbocycles. The fraction of sp³-hybridized carbons (Fsp3) is 0.538. The number of carbonyl (C=O) groups is 3. The van der Waals surface area contributed by atoms with Crippen LogP contribution in [-0.2, 0) is 14.4 Å². The van der Waals surface area contributed by atoms with Crippen molar-refractivity contribution in [1.82, 2.24) is 15.5 Å². The van der Waals surface area contributed by atoms with Gasteiger partial charge in [0.2, 0.25) is 17.7 Å². The lowest BCUT2D eigenvalue weighted by Crippen LogP contribution is -2.63. The van der Waals surface area contributed by atoms with Gasteiger partial charge in [0.1, 0.15) is 29.8 Å². The first-order chi connectivity index (χ1) is 18.0. The quantitative estimate of drug-likeness (QED) is 0.367. The molecule has 3 amide bonds. The number of nitriles is 1. The maximum absolute atomic E-state index is 14.7. The van der Waals surface area contributed by atoms with E-state index in [0.717, 1.165) is 23.1 Å². The van der Waals surface area contributed by atoms with Crippen molar-refractivity contribution in [2.75, 3.05) is 11.9 Å². The van der Waals surface area contributed by atoms with Gasteiger partial charge in [-0.2, -0.15) is 5.26 Å². The summed E-state index contributed by atoms with van der Waals surface area (Å²) in [7, 11) is 0. The van der Waals surface area contributed by atoms with Crippen molar-refractivity contribution in [3.63, 3.8) is 0 Å². The number of hydrogen-bond acceptors (Lipinski definition) is 5. The summed E-state index contributed by atoms with van der Waals surface area (Å²) < 4.78 is 57.2. The maximum atomic E-state index is 14.7. The van der Waals surface area contributed by atoms with E-state index >= 15 is 0 Å². The Bertz CT molecular complexity index is 1180. The molecule has 0 aromatic heterocycles. The van der Waals surface area contributed by atoms with E-state index in [1.54, 1.807) is 0 Å². The number of nitrogens with one attached hydrogen (secondary N) is 3. The minimum atomic E-state index is -3.34. The molecule has 2 aliphatic heterocycles. The van der Waals surface area contributed by atoms with Crippen LogP contribution < -0.4 is 16.0 Å². The number of piperidine rings is 2. The molecule has 5 atom stereocenters. The number of amides is 3. The third-order valence-electron chi connectivity index (χ3n) is 6.59. The van der Waals surface area contributed by atoms with Crippen LogP contribution in [0.2, 0.25) is 0 Å². The lowest BCUT2D eigenvalue weighted by atomic mass is 9.89. The van der Waals surface area contributed by atoms with Gasteiger partial charge in [-0.25, -0.2) is 17.6 Å². The molecule has 3 N–H and O–H groups in total. The highest BCUT2D eigenvalue weighted by Crippen LogP contribution is 2.36. The number of alkyl halides is 2. The first kappa shape index (κ1) is 28.8. The first-order valence-electron chi connectivity index (χ1n) is 12.3. The number of anilines is 1. The van der Waals surface area contributed by atoms with Crippen LogP contribution in [0.3, 0.4) is 0 Å². The topological polar surface area (TPSA) is 114 Å². The monoisotopic (exact) mass is 535 g/mol. The summed E-state index contributed by atoms with van der Waals surface area (Å²) in [6.45, 7) is 3.23. The summed E-state index contributed by atoms with van der Waals surface area (Å²) in [5.41, 5.74) is -0.317. The fourth-order valence-corrected chi connectivity index (χ4v) is 4.76. The summed E-state index contributed by atoms with van der Waals surface area (Å²) in [5.74, 6) is -2.49. The molecule has 0 spiro atoms. The van der Waals surface area contributed by atoms with Crippen molar-refractivity contribution in [1.29, 1.82) is 5.26 Å². The van der Waals surface area contributed by atoms with E-state index in [1.807, 2.05) is 6.07 Å². The van der Waals surface area contributed by atoms with Gasteiger partial charge in [-0.3, -0.25) is 14.4 Å². The van der Waals surface area contributed by atoms with Gasteiger partial charge < -0.3 is 20.9 Å². The van der Waals surface area contributed by atoms with Crippen molar-refractivity contribution in [2.24, 2.45) is 5.92 Å². The summed E-state index contributed by atoms with van der Waals surface area (Å²) in [6.07, 6.45) is -0.641. The summed E-state index contributed by atoms with van der Waals surface area (Å²) in [4.78, 5) is 39.7. The van der Waals surface area contributed by atoms with Gasteiger partial charge in [-0.1, -0.05) is 5.92 Å². The molecule has 1 aromatic rings. The van der Waals surface area contributed by atoms with Gasteiger partial charge in [0, 0.05) is 25.3 Å². The van der Waals surface area contributed by atoms with Crippen LogP contribution >= 0.6 is 0 Å². The molecule has 0 saturated carbocycles. The summed E-state index contributed by atoms with van der Waals surface area (Å²) >= 11 is 0. The van der Waals surface area contributed by atoms with E-state index in [2.05, 4.69) is 27.8 Å². The molecule has 3 rings (SSSR count). The average Bonchev–Trinajstić information content (AvgIpc) is 2.86. The highest BCUT2D eigenvalue weighted by Gasteiger charge is 2.50. The Morgan fingerprint density at radius 3 is 2.68 bits per heavy atom. The smallest absolute Gasteiger partial charge is 0.253 e. The normalized spacial score (nSPS) is 24.1. The highest BCUT2D eigenvalue weighted by atomic mass is 19.3. The summed E-state index contributed by atoms with van der Waals surface area (Å²) in [6, 6.07) is -0.951. The molecule has 0 aliphatic carbocycles. The van der Waals surface area contributed by atoms with Crippen molar-refractivity contribution in [2.45, 2.75) is 76.0 Å². The van der Waals surface area contributed by atoms with E-state index in [1.165, 1.54) is 13.8 Å². The third kappa shape index (κ3) is 6.94. The molecule has 12 heteroatoms. The van der Waals surface area contributed by atoms with Crippen molar-refractivity contribution in [3.05, 3.63) is 29.8 Å². The van der Waals surface area contributed by atoms with Crippen LogP contribution in [0, 0.1) is 40.7 Å². The second kappa shape index (κ2) is 12.2. The average molecular weight is 536 g/mol. The van der Waals surface area contributed by atoms with Crippen LogP contribution in [0.4, 0.5) is 23.2 Å². The van der Waals surface area contributed by atoms with Gasteiger partial charge in [0.25, 0.3) is 5.92 Å². The van der Waals surface area contributed by atoms with Gasteiger partial charge >= 0.3 is 0 Å². The number of halogens is 4. The van der Waals surface area contributed by atoms with Gasteiger partial charge in [-0.15, -0.1) is 5.92 Å². The zero-order valence-electron chi connectivity index (χ0n) is 21.0. The Labute approximate surface area is 218 Å². The van der Waals surface area contributed by atoms with E-state index in [0.29, 0.717) is 19.4 Å². The lowest BCUT2D eigenvalue weighted by Gasteiger charge is -2.43. The van der Waals surface area contributed by atoms with E-state index in [4.69, 9.17) is 0 Å². The zero-order valence-corrected chi connectivity index (χ0v) is 21.0. The predicted molar refractivity (Wildman–Crippen MR) is 129 cm³/mol. The Kier molecular flexibility index (Phi) is 9.21. The number of nitrogens with zero attached hydrogens (tertiary/aromatic N) is 2. The van der Waals surface area contributed by atoms with Crippen LogP contribution in [-0.4, -0.2) is 59.3 Å². The Morgan fingerprint density at radius 1 is 1.29 bits per heavy atom. The van der Waals surface area contributed by atoms with Crippen molar-refractivity contribution in [3.8, 4) is 17.9 Å². The minimum Gasteiger partial charge on any atom is -0.371 e. The van der Waals surface area contributed by atoms with Crippen molar-refractivity contribution < 1.29 is 31.9 Å². The van der Waals surface area contributed by atoms with Gasteiger partial charge in [0.15, 0.2) is 0 Å². The lowest BCUT2D eigenvalue weighted by molar-refractivity contribution is -0.156. The third-order valence-corrected chi connectivity index (χ3v) is 6.59. The van der Waals surface area contributed by atoms with Crippen molar-refractivity contribution >= 4 is 23.4 Å². The molecule has 204 valence electrons. The predicted octanol–water partition coefficient (Wildman–Crippen LogP) is 2.71. The first-order valence-corrected chi connectivity index (χ1v) is 12.3. The molecule has 1 unspecified atom stereocenters. The zero-order chi connectivity index (χ0) is 28.0. The van der Waals surface area contributed by atoms with E-state index in [-0.39, 0.29) is 18.0 Å². The molecule has 38 heavy (non-hydrogen) atoms. The maximum Gasteiger partial charge on any atom is 0.253 e. The van der Waals surface area contributed by atoms with Crippen LogP contribution in [0.1, 0.15) is 46.0 Å². The number of hydrogen-bond donors (Lipinski definition) is 3. The number of benzene rings is 1. The minimum absolute atomic E-state index is 0.0138. The SMILES string of the molecule is CC#CC1CC(F)(F)C[C@@H](C(=O)N[C@H](C#N)C[C@@H]2CCCNC2=O)N1C(=O)[C@@H](C)Nc1cc(F)ccc1F. The molecular formula is C26H29F4N5O3. The van der Waals surface area contributed by atoms with Gasteiger partial charge in [0.05, 0.1) is 17.8 Å². The molecule has 2 heterocycles. The van der Waals surface area contributed by atoms with E-state index in [9.17, 15) is 37.2 Å². The Balaban J connectivity index is 1.85. The van der Waals surface area contributed by atoms with E-state index < -0.39 is 72.3 Å². The molecule has 0 radical (unpaired) electrons.